The van der Waals surface area contributed by atoms with Crippen LogP contribution in [-0.4, -0.2) is 51.8 Å². The Hall–Kier alpha value is -0.300. The van der Waals surface area contributed by atoms with Gasteiger partial charge in [0.15, 0.2) is 5.96 Å². The average molecular weight is 383 g/mol. The lowest BCUT2D eigenvalue weighted by Crippen LogP contribution is -2.39. The Morgan fingerprint density at radius 3 is 2.63 bits per heavy atom. The molecule has 0 heterocycles. The van der Waals surface area contributed by atoms with Crippen LogP contribution in [-0.2, 0) is 4.74 Å². The maximum atomic E-state index is 5.02. The number of rotatable bonds is 10. The summed E-state index contributed by atoms with van der Waals surface area (Å²) in [7, 11) is 5.65. The topological polar surface area (TPSA) is 36.9 Å². The molecule has 1 N–H and O–H groups in total. The van der Waals surface area contributed by atoms with E-state index in [9.17, 15) is 0 Å². The summed E-state index contributed by atoms with van der Waals surface area (Å²) >= 11 is 0. The molecular weight excluding hydrogens is 353 g/mol. The Labute approximate surface area is 135 Å². The van der Waals surface area contributed by atoms with Gasteiger partial charge in [0.25, 0.3) is 0 Å². The first-order valence-electron chi connectivity index (χ1n) is 6.77. The smallest absolute Gasteiger partial charge is 0.193 e. The third-order valence-electron chi connectivity index (χ3n) is 2.78. The van der Waals surface area contributed by atoms with Crippen molar-refractivity contribution in [2.45, 2.75) is 32.1 Å². The van der Waals surface area contributed by atoms with Gasteiger partial charge in [-0.05, 0) is 32.1 Å². The molecule has 0 amide bonds. The van der Waals surface area contributed by atoms with Crippen molar-refractivity contribution in [2.24, 2.45) is 4.99 Å². The highest BCUT2D eigenvalue weighted by Crippen LogP contribution is 1.96. The van der Waals surface area contributed by atoms with Gasteiger partial charge >= 0.3 is 0 Å². The predicted octanol–water partition coefficient (Wildman–Crippen LogP) is 2.89. The zero-order valence-electron chi connectivity index (χ0n) is 12.7. The van der Waals surface area contributed by atoms with Crippen LogP contribution in [0.5, 0.6) is 0 Å². The summed E-state index contributed by atoms with van der Waals surface area (Å²) in [5, 5.41) is 3.38. The van der Waals surface area contributed by atoms with Crippen LogP contribution in [0.3, 0.4) is 0 Å². The minimum atomic E-state index is 0. The minimum absolute atomic E-state index is 0. The van der Waals surface area contributed by atoms with Crippen molar-refractivity contribution < 1.29 is 4.74 Å². The average Bonchev–Trinajstić information content (AvgIpc) is 2.38. The highest BCUT2D eigenvalue weighted by Gasteiger charge is 2.03. The summed E-state index contributed by atoms with van der Waals surface area (Å²) in [4.78, 5) is 6.45. The molecule has 0 radical (unpaired) electrons. The summed E-state index contributed by atoms with van der Waals surface area (Å²) in [6.45, 7) is 6.57. The largest absolute Gasteiger partial charge is 0.385 e. The van der Waals surface area contributed by atoms with Gasteiger partial charge in [0, 0.05) is 40.9 Å². The molecule has 0 aliphatic heterocycles. The molecule has 0 saturated carbocycles. The molecule has 4 nitrogen and oxygen atoms in total. The van der Waals surface area contributed by atoms with Crippen molar-refractivity contribution >= 4 is 29.9 Å². The van der Waals surface area contributed by atoms with Crippen molar-refractivity contribution in [2.75, 3.05) is 40.9 Å². The second-order valence-corrected chi connectivity index (χ2v) is 4.38. The molecule has 0 spiro atoms. The third-order valence-corrected chi connectivity index (χ3v) is 2.78. The molecule has 0 bridgehead atoms. The zero-order valence-corrected chi connectivity index (χ0v) is 15.0. The first-order valence-corrected chi connectivity index (χ1v) is 6.77. The molecule has 0 aliphatic carbocycles. The van der Waals surface area contributed by atoms with E-state index < -0.39 is 0 Å². The van der Waals surface area contributed by atoms with Crippen molar-refractivity contribution in [3.8, 4) is 0 Å². The Kier molecular flexibility index (Phi) is 17.4. The number of hydrogen-bond acceptors (Lipinski definition) is 2. The number of halogens is 1. The van der Waals surface area contributed by atoms with Crippen LogP contribution < -0.4 is 5.32 Å². The monoisotopic (exact) mass is 383 g/mol. The molecule has 0 rings (SSSR count). The van der Waals surface area contributed by atoms with Crippen LogP contribution in [0.15, 0.2) is 17.6 Å². The molecule has 0 aliphatic rings. The summed E-state index contributed by atoms with van der Waals surface area (Å²) in [5.41, 5.74) is 0. The van der Waals surface area contributed by atoms with Crippen molar-refractivity contribution in [3.05, 3.63) is 12.7 Å². The van der Waals surface area contributed by atoms with Gasteiger partial charge in [-0.1, -0.05) is 6.08 Å². The quantitative estimate of drug-likeness (QED) is 0.207. The van der Waals surface area contributed by atoms with E-state index in [4.69, 9.17) is 4.74 Å². The standard InChI is InChI=1S/C14H29N3O.HI/c1-5-6-9-12-17(3)14(15-2)16-11-8-7-10-13-18-4;/h5H,1,6-13H2,2-4H3,(H,15,16);1H. The zero-order chi connectivity index (χ0) is 13.6. The molecule has 0 aromatic rings. The summed E-state index contributed by atoms with van der Waals surface area (Å²) in [5.74, 6) is 0.978. The van der Waals surface area contributed by atoms with Gasteiger partial charge in [-0.25, -0.2) is 0 Å². The lowest BCUT2D eigenvalue weighted by molar-refractivity contribution is 0.192. The molecule has 0 unspecified atom stereocenters. The maximum absolute atomic E-state index is 5.02. The minimum Gasteiger partial charge on any atom is -0.385 e. The number of ether oxygens (including phenoxy) is 1. The Balaban J connectivity index is 0. The van der Waals surface area contributed by atoms with Gasteiger partial charge < -0.3 is 15.0 Å². The van der Waals surface area contributed by atoms with Gasteiger partial charge in [0.1, 0.15) is 0 Å². The fraction of sp³-hybridized carbons (Fsp3) is 0.786. The second kappa shape index (κ2) is 15.8. The SMILES string of the molecule is C=CCCCN(C)C(=NC)NCCCCCOC.I. The molecule has 5 heteroatoms. The van der Waals surface area contributed by atoms with E-state index in [1.54, 1.807) is 7.11 Å². The summed E-state index contributed by atoms with van der Waals surface area (Å²) in [6.07, 6.45) is 7.61. The van der Waals surface area contributed by atoms with Gasteiger partial charge in [-0.15, -0.1) is 30.6 Å². The van der Waals surface area contributed by atoms with Crippen molar-refractivity contribution in [3.63, 3.8) is 0 Å². The molecule has 114 valence electrons. The second-order valence-electron chi connectivity index (χ2n) is 4.38. The van der Waals surface area contributed by atoms with Crippen LogP contribution in [0, 0.1) is 0 Å². The van der Waals surface area contributed by atoms with E-state index in [1.165, 1.54) is 6.42 Å². The van der Waals surface area contributed by atoms with E-state index in [-0.39, 0.29) is 24.0 Å². The normalized spacial score (nSPS) is 10.8. The van der Waals surface area contributed by atoms with E-state index in [0.29, 0.717) is 0 Å². The van der Waals surface area contributed by atoms with Crippen LogP contribution in [0.2, 0.25) is 0 Å². The van der Waals surface area contributed by atoms with Gasteiger partial charge in [-0.2, -0.15) is 0 Å². The maximum Gasteiger partial charge on any atom is 0.193 e. The number of nitrogens with zero attached hydrogens (tertiary/aromatic N) is 2. The molecule has 0 aromatic carbocycles. The molecule has 19 heavy (non-hydrogen) atoms. The number of nitrogens with one attached hydrogen (secondary N) is 1. The number of methoxy groups -OCH3 is 1. The molecule has 0 aromatic heterocycles. The lowest BCUT2D eigenvalue weighted by Gasteiger charge is -2.21. The van der Waals surface area contributed by atoms with Gasteiger partial charge in [0.2, 0.25) is 0 Å². The highest BCUT2D eigenvalue weighted by molar-refractivity contribution is 14.0. The van der Waals surface area contributed by atoms with Crippen LogP contribution in [0.4, 0.5) is 0 Å². The van der Waals surface area contributed by atoms with Crippen LogP contribution in [0.25, 0.3) is 0 Å². The van der Waals surface area contributed by atoms with Crippen LogP contribution in [0.1, 0.15) is 32.1 Å². The fourth-order valence-corrected chi connectivity index (χ4v) is 1.71. The van der Waals surface area contributed by atoms with Crippen molar-refractivity contribution in [1.82, 2.24) is 10.2 Å². The number of guanidine groups is 1. The Bertz CT molecular complexity index is 235. The molecule has 0 saturated heterocycles. The summed E-state index contributed by atoms with van der Waals surface area (Å²) in [6, 6.07) is 0. The number of aliphatic imine (C=N–C) groups is 1. The van der Waals surface area contributed by atoms with Gasteiger partial charge in [-0.3, -0.25) is 4.99 Å². The summed E-state index contributed by atoms with van der Waals surface area (Å²) < 4.78 is 5.02. The number of hydrogen-bond donors (Lipinski definition) is 1. The predicted molar refractivity (Wildman–Crippen MR) is 94.6 cm³/mol. The van der Waals surface area contributed by atoms with Crippen LogP contribution >= 0.6 is 24.0 Å². The lowest BCUT2D eigenvalue weighted by atomic mass is 10.2. The first-order chi connectivity index (χ1) is 8.76. The molecular formula is C14H30IN3O. The number of allylic oxidation sites excluding steroid dienone is 1. The van der Waals surface area contributed by atoms with E-state index in [1.807, 2.05) is 13.1 Å². The Morgan fingerprint density at radius 2 is 2.05 bits per heavy atom. The molecule has 0 fully saturated rings. The van der Waals surface area contributed by atoms with E-state index in [2.05, 4.69) is 28.8 Å². The van der Waals surface area contributed by atoms with Crippen molar-refractivity contribution in [1.29, 1.82) is 0 Å². The third kappa shape index (κ3) is 12.5. The van der Waals surface area contributed by atoms with E-state index in [0.717, 1.165) is 51.3 Å². The first kappa shape index (κ1) is 21.0. The fourth-order valence-electron chi connectivity index (χ4n) is 1.71. The van der Waals surface area contributed by atoms with E-state index >= 15 is 0 Å². The van der Waals surface area contributed by atoms with Gasteiger partial charge in [0.05, 0.1) is 0 Å². The number of unbranched alkanes of at least 4 members (excludes halogenated alkanes) is 3. The molecule has 0 atom stereocenters. The Morgan fingerprint density at radius 1 is 1.32 bits per heavy atom. The highest BCUT2D eigenvalue weighted by atomic mass is 127.